The van der Waals surface area contributed by atoms with Crippen LogP contribution in [-0.2, 0) is 14.3 Å². The SMILES string of the molecule is COCCNC(=O)CN1CCC(CC(=O)O)C1. The van der Waals surface area contributed by atoms with Crippen molar-refractivity contribution in [3.63, 3.8) is 0 Å². The van der Waals surface area contributed by atoms with Gasteiger partial charge in [-0.1, -0.05) is 0 Å². The Hall–Kier alpha value is -1.14. The molecule has 1 atom stereocenters. The van der Waals surface area contributed by atoms with Crippen LogP contribution < -0.4 is 5.32 Å². The normalized spacial score (nSPS) is 20.4. The Morgan fingerprint density at radius 2 is 2.29 bits per heavy atom. The number of carboxylic acid groups (broad SMARTS) is 1. The van der Waals surface area contributed by atoms with Gasteiger partial charge in [-0.25, -0.2) is 0 Å². The van der Waals surface area contributed by atoms with Crippen molar-refractivity contribution in [1.82, 2.24) is 10.2 Å². The molecule has 0 aromatic heterocycles. The van der Waals surface area contributed by atoms with Crippen LogP contribution in [0.2, 0.25) is 0 Å². The summed E-state index contributed by atoms with van der Waals surface area (Å²) in [5.74, 6) is -0.612. The smallest absolute Gasteiger partial charge is 0.303 e. The highest BCUT2D eigenvalue weighted by atomic mass is 16.5. The summed E-state index contributed by atoms with van der Waals surface area (Å²) in [4.78, 5) is 24.0. The Kier molecular flexibility index (Phi) is 5.93. The lowest BCUT2D eigenvalue weighted by molar-refractivity contribution is -0.138. The number of carboxylic acids is 1. The molecule has 1 saturated heterocycles. The standard InChI is InChI=1S/C11H20N2O4/c1-17-5-3-12-10(14)8-13-4-2-9(7-13)6-11(15)16/h9H,2-8H2,1H3,(H,12,14)(H,15,16). The van der Waals surface area contributed by atoms with E-state index < -0.39 is 5.97 Å². The first-order chi connectivity index (χ1) is 8.11. The molecule has 1 aliphatic rings. The number of carbonyl (C=O) groups excluding carboxylic acids is 1. The zero-order chi connectivity index (χ0) is 12.7. The number of hydrogen-bond acceptors (Lipinski definition) is 4. The second-order valence-electron chi connectivity index (χ2n) is 4.33. The molecule has 6 nitrogen and oxygen atoms in total. The number of rotatable bonds is 7. The van der Waals surface area contributed by atoms with Crippen LogP contribution in [0.1, 0.15) is 12.8 Å². The van der Waals surface area contributed by atoms with Gasteiger partial charge in [0.1, 0.15) is 0 Å². The second-order valence-corrected chi connectivity index (χ2v) is 4.33. The fraction of sp³-hybridized carbons (Fsp3) is 0.818. The second kappa shape index (κ2) is 7.24. The van der Waals surface area contributed by atoms with Crippen LogP contribution in [0.15, 0.2) is 0 Å². The molecule has 0 aromatic carbocycles. The molecule has 0 saturated carbocycles. The van der Waals surface area contributed by atoms with Crippen molar-refractivity contribution in [1.29, 1.82) is 0 Å². The van der Waals surface area contributed by atoms with Gasteiger partial charge in [0, 0.05) is 26.6 Å². The van der Waals surface area contributed by atoms with Gasteiger partial charge in [-0.2, -0.15) is 0 Å². The minimum Gasteiger partial charge on any atom is -0.481 e. The van der Waals surface area contributed by atoms with E-state index in [0.29, 0.717) is 26.2 Å². The molecule has 0 aromatic rings. The number of ether oxygens (including phenoxy) is 1. The molecule has 1 rings (SSSR count). The van der Waals surface area contributed by atoms with E-state index in [1.54, 1.807) is 7.11 Å². The largest absolute Gasteiger partial charge is 0.481 e. The summed E-state index contributed by atoms with van der Waals surface area (Å²) < 4.78 is 4.83. The Labute approximate surface area is 101 Å². The fourth-order valence-electron chi connectivity index (χ4n) is 2.02. The first-order valence-electron chi connectivity index (χ1n) is 5.81. The lowest BCUT2D eigenvalue weighted by Crippen LogP contribution is -2.37. The lowest BCUT2D eigenvalue weighted by Gasteiger charge is -2.15. The number of hydrogen-bond donors (Lipinski definition) is 2. The maximum atomic E-state index is 11.5. The van der Waals surface area contributed by atoms with Gasteiger partial charge in [-0.3, -0.25) is 14.5 Å². The van der Waals surface area contributed by atoms with Crippen LogP contribution in [-0.4, -0.2) is 61.8 Å². The first kappa shape index (κ1) is 13.9. The summed E-state index contributed by atoms with van der Waals surface area (Å²) in [7, 11) is 1.59. The Bertz CT molecular complexity index is 270. The van der Waals surface area contributed by atoms with Crippen molar-refractivity contribution in [2.24, 2.45) is 5.92 Å². The number of nitrogens with one attached hydrogen (secondary N) is 1. The van der Waals surface area contributed by atoms with Crippen molar-refractivity contribution in [2.75, 3.05) is 39.9 Å². The molecule has 1 aliphatic heterocycles. The van der Waals surface area contributed by atoms with Crippen molar-refractivity contribution >= 4 is 11.9 Å². The number of amides is 1. The van der Waals surface area contributed by atoms with Crippen LogP contribution in [0.4, 0.5) is 0 Å². The zero-order valence-corrected chi connectivity index (χ0v) is 10.1. The maximum Gasteiger partial charge on any atom is 0.303 e. The summed E-state index contributed by atoms with van der Waals surface area (Å²) >= 11 is 0. The molecule has 1 unspecified atom stereocenters. The molecular formula is C11H20N2O4. The van der Waals surface area contributed by atoms with E-state index in [4.69, 9.17) is 9.84 Å². The van der Waals surface area contributed by atoms with Gasteiger partial charge < -0.3 is 15.2 Å². The number of nitrogens with zero attached hydrogens (tertiary/aromatic N) is 1. The lowest BCUT2D eigenvalue weighted by atomic mass is 10.1. The minimum absolute atomic E-state index is 0.0296. The van der Waals surface area contributed by atoms with Gasteiger partial charge in [0.25, 0.3) is 0 Å². The highest BCUT2D eigenvalue weighted by molar-refractivity contribution is 5.78. The molecule has 0 radical (unpaired) electrons. The number of carbonyl (C=O) groups is 2. The van der Waals surface area contributed by atoms with Crippen molar-refractivity contribution < 1.29 is 19.4 Å². The van der Waals surface area contributed by atoms with Crippen molar-refractivity contribution in [3.8, 4) is 0 Å². The van der Waals surface area contributed by atoms with Crippen LogP contribution in [0, 0.1) is 5.92 Å². The molecule has 1 heterocycles. The average molecular weight is 244 g/mol. The summed E-state index contributed by atoms with van der Waals surface area (Å²) in [6.45, 7) is 2.87. The molecule has 2 N–H and O–H groups in total. The van der Waals surface area contributed by atoms with Crippen LogP contribution >= 0.6 is 0 Å². The highest BCUT2D eigenvalue weighted by Crippen LogP contribution is 2.18. The van der Waals surface area contributed by atoms with Gasteiger partial charge in [0.05, 0.1) is 13.2 Å². The van der Waals surface area contributed by atoms with Gasteiger partial charge in [-0.15, -0.1) is 0 Å². The predicted octanol–water partition coefficient (Wildman–Crippen LogP) is -0.454. The molecule has 1 amide bonds. The zero-order valence-electron chi connectivity index (χ0n) is 10.1. The van der Waals surface area contributed by atoms with Crippen LogP contribution in [0.25, 0.3) is 0 Å². The highest BCUT2D eigenvalue weighted by Gasteiger charge is 2.25. The third-order valence-corrected chi connectivity index (χ3v) is 2.83. The summed E-state index contributed by atoms with van der Waals surface area (Å²) in [5, 5.41) is 11.4. The number of aliphatic carboxylic acids is 1. The fourth-order valence-corrected chi connectivity index (χ4v) is 2.02. The molecule has 0 aliphatic carbocycles. The third kappa shape index (κ3) is 5.65. The van der Waals surface area contributed by atoms with Gasteiger partial charge in [-0.05, 0) is 18.9 Å². The topological polar surface area (TPSA) is 78.9 Å². The third-order valence-electron chi connectivity index (χ3n) is 2.83. The van der Waals surface area contributed by atoms with E-state index in [-0.39, 0.29) is 18.2 Å². The van der Waals surface area contributed by atoms with Gasteiger partial charge in [0.2, 0.25) is 5.91 Å². The van der Waals surface area contributed by atoms with E-state index in [1.165, 1.54) is 0 Å². The minimum atomic E-state index is -0.763. The molecule has 0 bridgehead atoms. The molecule has 17 heavy (non-hydrogen) atoms. The van der Waals surface area contributed by atoms with Crippen molar-refractivity contribution in [3.05, 3.63) is 0 Å². The number of likely N-dealkylation sites (tertiary alicyclic amines) is 1. The first-order valence-corrected chi connectivity index (χ1v) is 5.81. The van der Waals surface area contributed by atoms with E-state index in [2.05, 4.69) is 5.32 Å². The Morgan fingerprint density at radius 3 is 2.94 bits per heavy atom. The molecule has 98 valence electrons. The Morgan fingerprint density at radius 1 is 1.53 bits per heavy atom. The van der Waals surface area contributed by atoms with Crippen LogP contribution in [0.3, 0.4) is 0 Å². The van der Waals surface area contributed by atoms with E-state index in [0.717, 1.165) is 13.0 Å². The summed E-state index contributed by atoms with van der Waals surface area (Å²) in [6.07, 6.45) is 1.06. The number of methoxy groups -OCH3 is 1. The van der Waals surface area contributed by atoms with E-state index in [9.17, 15) is 9.59 Å². The Balaban J connectivity index is 2.16. The summed E-state index contributed by atoms with van der Waals surface area (Å²) in [6, 6.07) is 0. The molecular weight excluding hydrogens is 224 g/mol. The average Bonchev–Trinajstić information content (AvgIpc) is 2.64. The molecule has 1 fully saturated rings. The predicted molar refractivity (Wildman–Crippen MR) is 61.7 cm³/mol. The van der Waals surface area contributed by atoms with Crippen molar-refractivity contribution in [2.45, 2.75) is 12.8 Å². The van der Waals surface area contributed by atoms with E-state index in [1.807, 2.05) is 4.90 Å². The van der Waals surface area contributed by atoms with Crippen LogP contribution in [0.5, 0.6) is 0 Å². The summed E-state index contributed by atoms with van der Waals surface area (Å²) in [5.41, 5.74) is 0. The molecule has 0 spiro atoms. The monoisotopic (exact) mass is 244 g/mol. The van der Waals surface area contributed by atoms with E-state index >= 15 is 0 Å². The quantitative estimate of drug-likeness (QED) is 0.593. The molecule has 6 heteroatoms. The maximum absolute atomic E-state index is 11.5. The van der Waals surface area contributed by atoms with Gasteiger partial charge >= 0.3 is 5.97 Å². The van der Waals surface area contributed by atoms with Gasteiger partial charge in [0.15, 0.2) is 0 Å².